The van der Waals surface area contributed by atoms with Crippen molar-refractivity contribution in [2.24, 2.45) is 23.2 Å². The van der Waals surface area contributed by atoms with Gasteiger partial charge in [-0.25, -0.2) is 9.59 Å². The zero-order valence-electron chi connectivity index (χ0n) is 20.3. The fraction of sp³-hybridized carbons (Fsp3) is 0.870. The number of aliphatic hydroxyl groups is 1. The van der Waals surface area contributed by atoms with E-state index in [-0.39, 0.29) is 23.7 Å². The predicted octanol–water partition coefficient (Wildman–Crippen LogP) is 4.25. The van der Waals surface area contributed by atoms with Gasteiger partial charge in [-0.3, -0.25) is 4.79 Å². The summed E-state index contributed by atoms with van der Waals surface area (Å²) in [4.78, 5) is 36.7. The van der Waals surface area contributed by atoms with Gasteiger partial charge >= 0.3 is 35.9 Å². The molecule has 0 aromatic rings. The lowest BCUT2D eigenvalue weighted by Gasteiger charge is -2.62. The first-order valence-corrected chi connectivity index (χ1v) is 11.7. The van der Waals surface area contributed by atoms with Crippen molar-refractivity contribution in [3.63, 3.8) is 0 Å². The number of alkyl halides is 6. The maximum atomic E-state index is 12.8. The summed E-state index contributed by atoms with van der Waals surface area (Å²) in [5.74, 6) is -5.09. The van der Waals surface area contributed by atoms with Gasteiger partial charge in [-0.2, -0.15) is 26.3 Å². The molecule has 0 aromatic carbocycles. The smallest absolute Gasteiger partial charge is 0.437 e. The number of carbonyl (C=O) groups is 3. The molecule has 0 amide bonds. The fourth-order valence-corrected chi connectivity index (χ4v) is 5.78. The molecule has 0 heterocycles. The minimum absolute atomic E-state index is 0.207. The van der Waals surface area contributed by atoms with Gasteiger partial charge in [0, 0.05) is 11.8 Å². The summed E-state index contributed by atoms with van der Waals surface area (Å²) < 4.78 is 92.2. The summed E-state index contributed by atoms with van der Waals surface area (Å²) in [5, 5.41) is 9.06. The van der Waals surface area contributed by atoms with E-state index in [0.29, 0.717) is 38.5 Å². The van der Waals surface area contributed by atoms with E-state index in [9.17, 15) is 40.7 Å². The number of esters is 3. The van der Waals surface area contributed by atoms with Crippen LogP contribution < -0.4 is 0 Å². The van der Waals surface area contributed by atoms with Crippen molar-refractivity contribution >= 4 is 17.9 Å². The number of hydrogen-bond donors (Lipinski definition) is 1. The lowest BCUT2D eigenvalue weighted by Crippen LogP contribution is -2.65. The Hall–Kier alpha value is -2.05. The minimum atomic E-state index is -6.42. The maximum Gasteiger partial charge on any atom is 0.437 e. The molecule has 4 saturated carbocycles. The zero-order valence-corrected chi connectivity index (χ0v) is 20.3. The molecule has 0 saturated heterocycles. The predicted molar refractivity (Wildman–Crippen MR) is 109 cm³/mol. The third kappa shape index (κ3) is 4.67. The molecule has 0 spiro atoms. The fourth-order valence-electron chi connectivity index (χ4n) is 5.78. The molecule has 7 nitrogen and oxygen atoms in total. The van der Waals surface area contributed by atoms with E-state index in [0.717, 1.165) is 0 Å². The topological polar surface area (TPSA) is 99.1 Å². The van der Waals surface area contributed by atoms with Gasteiger partial charge in [-0.1, -0.05) is 6.92 Å². The van der Waals surface area contributed by atoms with Gasteiger partial charge in [-0.15, -0.1) is 0 Å². The van der Waals surface area contributed by atoms with E-state index in [1.165, 1.54) is 0 Å². The molecule has 0 radical (unpaired) electrons. The summed E-state index contributed by atoms with van der Waals surface area (Å²) in [7, 11) is 0. The number of halogens is 6. The highest BCUT2D eigenvalue weighted by molar-refractivity contribution is 5.84. The van der Waals surface area contributed by atoms with Crippen LogP contribution >= 0.6 is 0 Å². The Morgan fingerprint density at radius 2 is 1.39 bits per heavy atom. The van der Waals surface area contributed by atoms with Crippen LogP contribution in [0, 0.1) is 23.2 Å². The maximum absolute atomic E-state index is 12.8. The van der Waals surface area contributed by atoms with Crippen LogP contribution in [-0.2, 0) is 28.6 Å². The van der Waals surface area contributed by atoms with Crippen LogP contribution in [0.25, 0.3) is 0 Å². The number of rotatable bonds is 7. The van der Waals surface area contributed by atoms with Crippen molar-refractivity contribution in [1.29, 1.82) is 0 Å². The van der Waals surface area contributed by atoms with Crippen LogP contribution in [0.15, 0.2) is 0 Å². The molecule has 0 aromatic heterocycles. The minimum Gasteiger partial charge on any atom is -0.459 e. The SMILES string of the molecule is CCC(C)(C)C(=O)OC12CC3CC(C1)C(C)(OC(=O)COC(=O)C(O)(C(F)(F)F)C(F)(F)F)C(C3)C2. The van der Waals surface area contributed by atoms with Crippen molar-refractivity contribution in [1.82, 2.24) is 0 Å². The summed E-state index contributed by atoms with van der Waals surface area (Å²) in [6, 6.07) is 0. The molecule has 4 aliphatic carbocycles. The third-order valence-electron chi connectivity index (χ3n) is 8.27. The lowest BCUT2D eigenvalue weighted by molar-refractivity contribution is -0.357. The molecule has 2 unspecified atom stereocenters. The molecule has 1 N–H and O–H groups in total. The number of hydrogen-bond acceptors (Lipinski definition) is 7. The summed E-state index contributed by atoms with van der Waals surface area (Å²) in [5.41, 5.74) is -8.33. The molecule has 4 bridgehead atoms. The standard InChI is InChI=1S/C23H30F6O7/c1-5-18(2,3)16(31)36-20-8-12-6-13(9-20)19(4,14(7-12)10-20)35-15(30)11-34-17(32)21(33,22(24,25)26)23(27,28)29/h12-14,33H,5-11H2,1-4H3. The van der Waals surface area contributed by atoms with E-state index in [1.54, 1.807) is 20.8 Å². The largest absolute Gasteiger partial charge is 0.459 e. The summed E-state index contributed by atoms with van der Waals surface area (Å²) in [6.45, 7) is 5.50. The Morgan fingerprint density at radius 3 is 1.83 bits per heavy atom. The highest BCUT2D eigenvalue weighted by Gasteiger charge is 2.77. The zero-order chi connectivity index (χ0) is 27.5. The van der Waals surface area contributed by atoms with Gasteiger partial charge in [0.05, 0.1) is 5.41 Å². The molecule has 0 aliphatic heterocycles. The van der Waals surface area contributed by atoms with E-state index in [1.807, 2.05) is 6.92 Å². The second-order valence-corrected chi connectivity index (χ2v) is 11.1. The van der Waals surface area contributed by atoms with Crippen LogP contribution in [0.3, 0.4) is 0 Å². The molecule has 4 fully saturated rings. The molecule has 2 atom stereocenters. The van der Waals surface area contributed by atoms with Gasteiger partial charge < -0.3 is 19.3 Å². The molecule has 13 heteroatoms. The van der Waals surface area contributed by atoms with E-state index in [4.69, 9.17) is 14.6 Å². The van der Waals surface area contributed by atoms with Gasteiger partial charge in [0.25, 0.3) is 0 Å². The molecule has 4 aliphatic rings. The van der Waals surface area contributed by atoms with Gasteiger partial charge in [0.1, 0.15) is 11.2 Å². The van der Waals surface area contributed by atoms with Crippen molar-refractivity contribution in [2.45, 2.75) is 95.4 Å². The van der Waals surface area contributed by atoms with Gasteiger partial charge in [-0.05, 0) is 65.2 Å². The Balaban J connectivity index is 1.68. The monoisotopic (exact) mass is 532 g/mol. The van der Waals surface area contributed by atoms with E-state index >= 15 is 0 Å². The molecular weight excluding hydrogens is 502 g/mol. The highest BCUT2D eigenvalue weighted by Crippen LogP contribution is 2.62. The molecule has 4 rings (SSSR count). The normalized spacial score (nSPS) is 32.2. The van der Waals surface area contributed by atoms with Crippen LogP contribution in [-0.4, -0.2) is 58.8 Å². The van der Waals surface area contributed by atoms with E-state index in [2.05, 4.69) is 4.74 Å². The first-order valence-electron chi connectivity index (χ1n) is 11.7. The first-order chi connectivity index (χ1) is 16.2. The third-order valence-corrected chi connectivity index (χ3v) is 8.27. The lowest BCUT2D eigenvalue weighted by atomic mass is 9.48. The summed E-state index contributed by atoms with van der Waals surface area (Å²) in [6.07, 6.45) is -9.55. The van der Waals surface area contributed by atoms with E-state index < -0.39 is 53.1 Å². The Labute approximate surface area is 203 Å². The average Bonchev–Trinajstić information content (AvgIpc) is 2.73. The van der Waals surface area contributed by atoms with Crippen LogP contribution in [0.5, 0.6) is 0 Å². The Kier molecular flexibility index (Phi) is 6.94. The quantitative estimate of drug-likeness (QED) is 0.297. The second kappa shape index (κ2) is 8.76. The number of ether oxygens (including phenoxy) is 3. The van der Waals surface area contributed by atoms with Gasteiger partial charge in [0.15, 0.2) is 6.61 Å². The van der Waals surface area contributed by atoms with Crippen LogP contribution in [0.1, 0.15) is 66.2 Å². The Bertz CT molecular complexity index is 880. The molecular formula is C23H30F6O7. The van der Waals surface area contributed by atoms with Crippen molar-refractivity contribution < 1.29 is 60.0 Å². The van der Waals surface area contributed by atoms with Crippen LogP contribution in [0.2, 0.25) is 0 Å². The van der Waals surface area contributed by atoms with Crippen molar-refractivity contribution in [3.8, 4) is 0 Å². The second-order valence-electron chi connectivity index (χ2n) is 11.1. The molecule has 36 heavy (non-hydrogen) atoms. The molecule has 206 valence electrons. The Morgan fingerprint density at radius 1 is 0.889 bits per heavy atom. The van der Waals surface area contributed by atoms with Crippen molar-refractivity contribution in [3.05, 3.63) is 0 Å². The summed E-state index contributed by atoms with van der Waals surface area (Å²) >= 11 is 0. The first kappa shape index (κ1) is 28.5. The van der Waals surface area contributed by atoms with Crippen LogP contribution in [0.4, 0.5) is 26.3 Å². The number of carbonyl (C=O) groups excluding carboxylic acids is 3. The van der Waals surface area contributed by atoms with Crippen molar-refractivity contribution in [2.75, 3.05) is 6.61 Å². The highest BCUT2D eigenvalue weighted by atomic mass is 19.4. The average molecular weight is 532 g/mol. The van der Waals surface area contributed by atoms with Gasteiger partial charge in [0.2, 0.25) is 0 Å².